The van der Waals surface area contributed by atoms with Crippen molar-refractivity contribution in [3.8, 4) is 0 Å². The van der Waals surface area contributed by atoms with Crippen molar-refractivity contribution in [1.29, 1.82) is 0 Å². The molecule has 0 bridgehead atoms. The molecule has 0 aliphatic heterocycles. The molecule has 0 aliphatic rings. The van der Waals surface area contributed by atoms with Crippen LogP contribution in [0.1, 0.15) is 11.1 Å². The maximum absolute atomic E-state index is 10.8. The standard InChI is InChI=1S/C22H17ClN2O2S/c23-18-9-5-17(6-10-18)15-28-22-14-24(21-4-2-1-3-20(21)22)13-16-7-11-19(12-8-16)25(26)27/h1-12,14H,13,15H2. The summed E-state index contributed by atoms with van der Waals surface area (Å²) < 4.78 is 2.20. The zero-order valence-electron chi connectivity index (χ0n) is 14.9. The van der Waals surface area contributed by atoms with Crippen LogP contribution in [0.2, 0.25) is 5.02 Å². The SMILES string of the molecule is O=[N+]([O-])c1ccc(Cn2cc(SCc3ccc(Cl)cc3)c3ccccc32)cc1. The van der Waals surface area contributed by atoms with Crippen molar-refractivity contribution in [2.75, 3.05) is 0 Å². The second-order valence-electron chi connectivity index (χ2n) is 6.48. The normalized spacial score (nSPS) is 11.0. The summed E-state index contributed by atoms with van der Waals surface area (Å²) in [6, 6.07) is 23.0. The molecule has 0 amide bonds. The Balaban J connectivity index is 1.58. The van der Waals surface area contributed by atoms with E-state index in [0.29, 0.717) is 6.54 Å². The number of hydrogen-bond donors (Lipinski definition) is 0. The van der Waals surface area contributed by atoms with Gasteiger partial charge in [-0.3, -0.25) is 10.1 Å². The van der Waals surface area contributed by atoms with Gasteiger partial charge in [0.15, 0.2) is 0 Å². The molecule has 6 heteroatoms. The molecule has 0 spiro atoms. The van der Waals surface area contributed by atoms with Crippen molar-refractivity contribution in [1.82, 2.24) is 4.57 Å². The number of non-ortho nitro benzene ring substituents is 1. The Bertz CT molecular complexity index is 1120. The lowest BCUT2D eigenvalue weighted by molar-refractivity contribution is -0.384. The molecule has 1 heterocycles. The summed E-state index contributed by atoms with van der Waals surface area (Å²) in [5, 5.41) is 12.8. The Morgan fingerprint density at radius 2 is 1.61 bits per heavy atom. The smallest absolute Gasteiger partial charge is 0.269 e. The van der Waals surface area contributed by atoms with E-state index in [2.05, 4.69) is 22.9 Å². The molecule has 0 atom stereocenters. The van der Waals surface area contributed by atoms with Crippen molar-refractivity contribution < 1.29 is 4.92 Å². The summed E-state index contributed by atoms with van der Waals surface area (Å²) in [5.41, 5.74) is 3.52. The molecule has 3 aromatic carbocycles. The molecule has 0 aliphatic carbocycles. The van der Waals surface area contributed by atoms with Gasteiger partial charge in [-0.05, 0) is 29.3 Å². The maximum Gasteiger partial charge on any atom is 0.269 e. The molecule has 0 saturated heterocycles. The zero-order chi connectivity index (χ0) is 19.5. The number of hydrogen-bond acceptors (Lipinski definition) is 3. The number of nitrogens with zero attached hydrogens (tertiary/aromatic N) is 2. The van der Waals surface area contributed by atoms with Crippen LogP contribution >= 0.6 is 23.4 Å². The number of halogens is 1. The van der Waals surface area contributed by atoms with E-state index < -0.39 is 0 Å². The molecule has 0 unspecified atom stereocenters. The summed E-state index contributed by atoms with van der Waals surface area (Å²) in [4.78, 5) is 11.7. The third kappa shape index (κ3) is 4.06. The van der Waals surface area contributed by atoms with Gasteiger partial charge in [-0.25, -0.2) is 0 Å². The summed E-state index contributed by atoms with van der Waals surface area (Å²) in [6.07, 6.45) is 2.16. The van der Waals surface area contributed by atoms with Gasteiger partial charge >= 0.3 is 0 Å². The van der Waals surface area contributed by atoms with Crippen LogP contribution < -0.4 is 0 Å². The quantitative estimate of drug-likeness (QED) is 0.206. The molecule has 0 N–H and O–H groups in total. The van der Waals surface area contributed by atoms with Gasteiger partial charge in [0, 0.05) is 51.4 Å². The first-order valence-corrected chi connectivity index (χ1v) is 10.1. The summed E-state index contributed by atoms with van der Waals surface area (Å²) >= 11 is 7.76. The average Bonchev–Trinajstić information content (AvgIpc) is 3.06. The van der Waals surface area contributed by atoms with E-state index in [1.54, 1.807) is 23.9 Å². The lowest BCUT2D eigenvalue weighted by Crippen LogP contribution is -1.98. The van der Waals surface area contributed by atoms with Gasteiger partial charge in [0.05, 0.1) is 4.92 Å². The van der Waals surface area contributed by atoms with E-state index in [-0.39, 0.29) is 10.6 Å². The van der Waals surface area contributed by atoms with E-state index in [9.17, 15) is 10.1 Å². The Labute approximate surface area is 171 Å². The molecule has 0 saturated carbocycles. The third-order valence-electron chi connectivity index (χ3n) is 4.56. The highest BCUT2D eigenvalue weighted by Crippen LogP contribution is 2.33. The highest BCUT2D eigenvalue weighted by molar-refractivity contribution is 7.98. The van der Waals surface area contributed by atoms with Crippen LogP contribution in [0.5, 0.6) is 0 Å². The van der Waals surface area contributed by atoms with Crippen molar-refractivity contribution in [3.63, 3.8) is 0 Å². The van der Waals surface area contributed by atoms with Crippen molar-refractivity contribution in [2.45, 2.75) is 17.2 Å². The fourth-order valence-electron chi connectivity index (χ4n) is 3.12. The average molecular weight is 409 g/mol. The van der Waals surface area contributed by atoms with E-state index in [4.69, 9.17) is 11.6 Å². The highest BCUT2D eigenvalue weighted by Gasteiger charge is 2.10. The number of fused-ring (bicyclic) bond motifs is 1. The number of thioether (sulfide) groups is 1. The minimum absolute atomic E-state index is 0.111. The Morgan fingerprint density at radius 1 is 0.929 bits per heavy atom. The fraction of sp³-hybridized carbons (Fsp3) is 0.0909. The van der Waals surface area contributed by atoms with E-state index in [1.165, 1.54) is 15.8 Å². The molecule has 4 rings (SSSR count). The van der Waals surface area contributed by atoms with Crippen LogP contribution in [-0.2, 0) is 12.3 Å². The predicted octanol–water partition coefficient (Wildman–Crippen LogP) is 6.54. The molecule has 28 heavy (non-hydrogen) atoms. The molecule has 4 nitrogen and oxygen atoms in total. The summed E-state index contributed by atoms with van der Waals surface area (Å²) in [7, 11) is 0. The molecule has 140 valence electrons. The van der Waals surface area contributed by atoms with Crippen molar-refractivity contribution in [3.05, 3.63) is 105 Å². The Morgan fingerprint density at radius 3 is 2.32 bits per heavy atom. The lowest BCUT2D eigenvalue weighted by Gasteiger charge is -2.05. The third-order valence-corrected chi connectivity index (χ3v) is 5.93. The van der Waals surface area contributed by atoms with Gasteiger partial charge in [0.2, 0.25) is 0 Å². The molecule has 1 aromatic heterocycles. The molecule has 0 radical (unpaired) electrons. The Kier molecular flexibility index (Phi) is 5.37. The number of benzene rings is 3. The van der Waals surface area contributed by atoms with Gasteiger partial charge in [0.25, 0.3) is 5.69 Å². The number of para-hydroxylation sites is 1. The minimum atomic E-state index is -0.375. The lowest BCUT2D eigenvalue weighted by atomic mass is 10.2. The van der Waals surface area contributed by atoms with Gasteiger partial charge in [0.1, 0.15) is 0 Å². The first-order chi connectivity index (χ1) is 13.6. The van der Waals surface area contributed by atoms with E-state index in [0.717, 1.165) is 21.9 Å². The van der Waals surface area contributed by atoms with E-state index in [1.807, 2.05) is 48.5 Å². The van der Waals surface area contributed by atoms with Gasteiger partial charge < -0.3 is 4.57 Å². The number of nitro groups is 1. The van der Waals surface area contributed by atoms with Crippen LogP contribution in [0.15, 0.2) is 83.9 Å². The topological polar surface area (TPSA) is 48.1 Å². The zero-order valence-corrected chi connectivity index (χ0v) is 16.5. The van der Waals surface area contributed by atoms with Gasteiger partial charge in [-0.1, -0.05) is 54.1 Å². The molecule has 4 aromatic rings. The summed E-state index contributed by atoms with van der Waals surface area (Å²) in [6.45, 7) is 0.667. The van der Waals surface area contributed by atoms with Crippen molar-refractivity contribution >= 4 is 40.0 Å². The monoisotopic (exact) mass is 408 g/mol. The second-order valence-corrected chi connectivity index (χ2v) is 7.93. The second kappa shape index (κ2) is 8.09. The largest absolute Gasteiger partial charge is 0.342 e. The van der Waals surface area contributed by atoms with Crippen molar-refractivity contribution in [2.24, 2.45) is 0 Å². The fourth-order valence-corrected chi connectivity index (χ4v) is 4.29. The maximum atomic E-state index is 10.8. The van der Waals surface area contributed by atoms with Gasteiger partial charge in [-0.15, -0.1) is 11.8 Å². The highest BCUT2D eigenvalue weighted by atomic mass is 35.5. The van der Waals surface area contributed by atoms with E-state index >= 15 is 0 Å². The number of nitro benzene ring substituents is 1. The molecular weight excluding hydrogens is 392 g/mol. The van der Waals surface area contributed by atoms with Crippen LogP contribution in [0.3, 0.4) is 0 Å². The Hall–Kier alpha value is -2.76. The summed E-state index contributed by atoms with van der Waals surface area (Å²) in [5.74, 6) is 0.864. The predicted molar refractivity (Wildman–Crippen MR) is 115 cm³/mol. The van der Waals surface area contributed by atoms with Crippen LogP contribution in [-0.4, -0.2) is 9.49 Å². The van der Waals surface area contributed by atoms with Crippen LogP contribution in [0.4, 0.5) is 5.69 Å². The first kappa shape index (κ1) is 18.6. The minimum Gasteiger partial charge on any atom is -0.342 e. The molecule has 0 fully saturated rings. The van der Waals surface area contributed by atoms with Gasteiger partial charge in [-0.2, -0.15) is 0 Å². The number of rotatable bonds is 6. The molecular formula is C22H17ClN2O2S. The van der Waals surface area contributed by atoms with Crippen LogP contribution in [0.25, 0.3) is 10.9 Å². The first-order valence-electron chi connectivity index (χ1n) is 8.78. The van der Waals surface area contributed by atoms with Crippen LogP contribution in [0, 0.1) is 10.1 Å². The number of aromatic nitrogens is 1.